The van der Waals surface area contributed by atoms with Gasteiger partial charge in [0.25, 0.3) is 5.56 Å². The van der Waals surface area contributed by atoms with Crippen LogP contribution in [-0.2, 0) is 4.79 Å². The fourth-order valence-corrected chi connectivity index (χ4v) is 7.79. The highest BCUT2D eigenvalue weighted by molar-refractivity contribution is 6.33. The van der Waals surface area contributed by atoms with E-state index < -0.39 is 0 Å². The molecule has 4 bridgehead atoms. The van der Waals surface area contributed by atoms with Gasteiger partial charge < -0.3 is 10.2 Å². The second kappa shape index (κ2) is 8.93. The topological polar surface area (TPSA) is 70.5 Å². The predicted octanol–water partition coefficient (Wildman–Crippen LogP) is 3.48. The van der Waals surface area contributed by atoms with Gasteiger partial charge >= 0.3 is 0 Å². The van der Waals surface area contributed by atoms with Crippen LogP contribution < -0.4 is 15.8 Å². The Balaban J connectivity index is 1.09. The number of rotatable bonds is 5. The monoisotopic (exact) mass is 495 g/mol. The van der Waals surface area contributed by atoms with Crippen molar-refractivity contribution in [1.29, 1.82) is 0 Å². The second-order valence-electron chi connectivity index (χ2n) is 11.3. The maximum Gasteiger partial charge on any atom is 0.292 e. The lowest BCUT2D eigenvalue weighted by atomic mass is 9.53. The largest absolute Gasteiger partial charge is 0.366 e. The number of amides is 1. The molecular weight excluding hydrogens is 462 g/mol. The van der Waals surface area contributed by atoms with E-state index in [4.69, 9.17) is 11.6 Å². The Morgan fingerprint density at radius 3 is 2.23 bits per heavy atom. The number of nitrogens with one attached hydrogen (secondary N) is 1. The van der Waals surface area contributed by atoms with Crippen LogP contribution in [0.2, 0.25) is 5.02 Å². The third-order valence-electron chi connectivity index (χ3n) is 8.91. The standard InChI is InChI=1S/C27H34ClN5O2/c1-18(25(34)30-27-14-19-11-20(15-27)13-21(12-19)16-27)31-7-9-32(10-8-31)23-17-29-33(26(35)24(23)28)22-5-3-2-4-6-22/h2-6,17-21H,7-16H2,1H3,(H,30,34). The van der Waals surface area contributed by atoms with Gasteiger partial charge in [0, 0.05) is 31.7 Å². The lowest BCUT2D eigenvalue weighted by Gasteiger charge is -2.57. The first-order valence-corrected chi connectivity index (χ1v) is 13.4. The summed E-state index contributed by atoms with van der Waals surface area (Å²) in [5.41, 5.74) is 1.08. The van der Waals surface area contributed by atoms with Crippen LogP contribution in [0.5, 0.6) is 0 Å². The van der Waals surface area contributed by atoms with Crippen LogP contribution in [0, 0.1) is 17.8 Å². The average molecular weight is 496 g/mol. The molecule has 35 heavy (non-hydrogen) atoms. The average Bonchev–Trinajstić information content (AvgIpc) is 2.85. The normalized spacial score (nSPS) is 30.9. The Hall–Kier alpha value is -2.38. The van der Waals surface area contributed by atoms with Crippen molar-refractivity contribution < 1.29 is 4.79 Å². The summed E-state index contributed by atoms with van der Waals surface area (Å²) < 4.78 is 1.33. The van der Waals surface area contributed by atoms with E-state index in [9.17, 15) is 9.59 Å². The van der Waals surface area contributed by atoms with Gasteiger partial charge in [-0.05, 0) is 75.3 Å². The van der Waals surface area contributed by atoms with Gasteiger partial charge in [-0.25, -0.2) is 0 Å². The molecule has 1 aromatic carbocycles. The zero-order valence-corrected chi connectivity index (χ0v) is 21.1. The van der Waals surface area contributed by atoms with E-state index in [0.29, 0.717) is 24.5 Å². The molecule has 1 aliphatic heterocycles. The van der Waals surface area contributed by atoms with E-state index in [-0.39, 0.29) is 28.1 Å². The number of carbonyl (C=O) groups is 1. The molecule has 7 rings (SSSR count). The molecule has 5 aliphatic rings. The molecule has 1 saturated heterocycles. The molecule has 1 unspecified atom stereocenters. The van der Waals surface area contributed by atoms with Gasteiger partial charge in [-0.2, -0.15) is 9.78 Å². The van der Waals surface area contributed by atoms with Crippen molar-refractivity contribution in [2.45, 2.75) is 57.0 Å². The molecule has 0 radical (unpaired) electrons. The molecule has 0 spiro atoms. The second-order valence-corrected chi connectivity index (χ2v) is 11.7. The minimum Gasteiger partial charge on any atom is -0.366 e. The van der Waals surface area contributed by atoms with Crippen molar-refractivity contribution in [3.05, 3.63) is 51.9 Å². The summed E-state index contributed by atoms with van der Waals surface area (Å²) in [6.07, 6.45) is 9.32. The molecular formula is C27H34ClN5O2. The zero-order valence-electron chi connectivity index (χ0n) is 20.3. The Morgan fingerprint density at radius 1 is 1.03 bits per heavy atom. The summed E-state index contributed by atoms with van der Waals surface area (Å²) in [7, 11) is 0. The van der Waals surface area contributed by atoms with Crippen molar-refractivity contribution in [3.63, 3.8) is 0 Å². The van der Waals surface area contributed by atoms with Crippen molar-refractivity contribution in [3.8, 4) is 5.69 Å². The summed E-state index contributed by atoms with van der Waals surface area (Å²) in [6, 6.07) is 9.13. The number of carbonyl (C=O) groups excluding carboxylic acids is 1. The van der Waals surface area contributed by atoms with Gasteiger partial charge in [-0.3, -0.25) is 14.5 Å². The first kappa shape index (κ1) is 23.0. The van der Waals surface area contributed by atoms with E-state index in [1.807, 2.05) is 37.3 Å². The number of benzene rings is 1. The minimum atomic E-state index is -0.318. The maximum atomic E-state index is 13.3. The van der Waals surface area contributed by atoms with Crippen LogP contribution in [0.25, 0.3) is 5.69 Å². The number of para-hydroxylation sites is 1. The number of hydrogen-bond acceptors (Lipinski definition) is 5. The number of halogens is 1. The Bertz CT molecular complexity index is 1120. The first-order valence-electron chi connectivity index (χ1n) is 13.0. The van der Waals surface area contributed by atoms with Crippen LogP contribution in [0.3, 0.4) is 0 Å². The smallest absolute Gasteiger partial charge is 0.292 e. The van der Waals surface area contributed by atoms with Gasteiger partial charge in [0.05, 0.1) is 23.6 Å². The lowest BCUT2D eigenvalue weighted by molar-refractivity contribution is -0.131. The Kier molecular flexibility index (Phi) is 5.88. The summed E-state index contributed by atoms with van der Waals surface area (Å²) in [6.45, 7) is 4.92. The van der Waals surface area contributed by atoms with Crippen molar-refractivity contribution in [2.24, 2.45) is 17.8 Å². The number of nitrogens with zero attached hydrogens (tertiary/aromatic N) is 4. The van der Waals surface area contributed by atoms with Crippen molar-refractivity contribution in [1.82, 2.24) is 20.0 Å². The number of aromatic nitrogens is 2. The Labute approximate surface area is 211 Å². The molecule has 4 saturated carbocycles. The van der Waals surface area contributed by atoms with Gasteiger partial charge in [0.2, 0.25) is 5.91 Å². The molecule has 5 fully saturated rings. The minimum absolute atomic E-state index is 0.0454. The van der Waals surface area contributed by atoms with Gasteiger partial charge in [-0.15, -0.1) is 0 Å². The molecule has 1 atom stereocenters. The summed E-state index contributed by atoms with van der Waals surface area (Å²) >= 11 is 6.51. The van der Waals surface area contributed by atoms with Crippen LogP contribution in [0.15, 0.2) is 41.3 Å². The SMILES string of the molecule is CC(C(=O)NC12CC3CC(CC(C3)C1)C2)N1CCN(c2cnn(-c3ccccc3)c(=O)c2Cl)CC1. The molecule has 8 heteroatoms. The van der Waals surface area contributed by atoms with E-state index in [0.717, 1.165) is 30.8 Å². The van der Waals surface area contributed by atoms with E-state index in [1.54, 1.807) is 6.20 Å². The highest BCUT2D eigenvalue weighted by atomic mass is 35.5. The van der Waals surface area contributed by atoms with E-state index >= 15 is 0 Å². The fraction of sp³-hybridized carbons (Fsp3) is 0.593. The van der Waals surface area contributed by atoms with Crippen molar-refractivity contribution in [2.75, 3.05) is 31.1 Å². The van der Waals surface area contributed by atoms with Crippen LogP contribution in [-0.4, -0.2) is 58.3 Å². The fourth-order valence-electron chi connectivity index (χ4n) is 7.54. The van der Waals surface area contributed by atoms with E-state index in [2.05, 4.69) is 20.2 Å². The third-order valence-corrected chi connectivity index (χ3v) is 9.27. The van der Waals surface area contributed by atoms with Crippen LogP contribution in [0.4, 0.5) is 5.69 Å². The number of hydrogen-bond donors (Lipinski definition) is 1. The molecule has 1 N–H and O–H groups in total. The highest BCUT2D eigenvalue weighted by Crippen LogP contribution is 2.55. The number of anilines is 1. The molecule has 2 heterocycles. The highest BCUT2D eigenvalue weighted by Gasteiger charge is 2.51. The van der Waals surface area contributed by atoms with Crippen LogP contribution in [0.1, 0.15) is 45.4 Å². The summed E-state index contributed by atoms with van der Waals surface area (Å²) in [4.78, 5) is 30.5. The van der Waals surface area contributed by atoms with E-state index in [1.165, 1.54) is 43.2 Å². The first-order chi connectivity index (χ1) is 16.9. The van der Waals surface area contributed by atoms with Crippen LogP contribution >= 0.6 is 11.6 Å². The lowest BCUT2D eigenvalue weighted by Crippen LogP contribution is -2.63. The Morgan fingerprint density at radius 2 is 1.63 bits per heavy atom. The maximum absolute atomic E-state index is 13.3. The number of piperazine rings is 1. The van der Waals surface area contributed by atoms with Gasteiger partial charge in [0.15, 0.2) is 0 Å². The third kappa shape index (κ3) is 4.27. The zero-order chi connectivity index (χ0) is 24.2. The molecule has 186 valence electrons. The molecule has 1 aromatic heterocycles. The molecule has 2 aromatic rings. The predicted molar refractivity (Wildman–Crippen MR) is 137 cm³/mol. The summed E-state index contributed by atoms with van der Waals surface area (Å²) in [5.74, 6) is 2.62. The molecule has 1 amide bonds. The summed E-state index contributed by atoms with van der Waals surface area (Å²) in [5, 5.41) is 8.09. The quantitative estimate of drug-likeness (QED) is 0.687. The molecule has 7 nitrogen and oxygen atoms in total. The van der Waals surface area contributed by atoms with Gasteiger partial charge in [-0.1, -0.05) is 29.8 Å². The van der Waals surface area contributed by atoms with Gasteiger partial charge in [0.1, 0.15) is 5.02 Å². The molecule has 4 aliphatic carbocycles. The van der Waals surface area contributed by atoms with Crippen molar-refractivity contribution >= 4 is 23.2 Å².